The van der Waals surface area contributed by atoms with E-state index in [-0.39, 0.29) is 12.0 Å². The quantitative estimate of drug-likeness (QED) is 0.583. The number of nitrogen functional groups attached to an aromatic ring is 1. The molecule has 0 radical (unpaired) electrons. The van der Waals surface area contributed by atoms with Gasteiger partial charge in [-0.1, -0.05) is 18.3 Å². The standard InChI is InChI=1S/C17H22N4O3S/c1-5-12-15(25-17(18)20-12)16(22)21-19-9-11-6-7-13(23-4)14(8-11)24-10(2)3/h6-10H,5H2,1-4H3,(H2,18,20)(H,21,22)/b19-9-. The Morgan fingerprint density at radius 1 is 1.44 bits per heavy atom. The first-order valence-corrected chi connectivity index (χ1v) is 8.69. The van der Waals surface area contributed by atoms with Crippen LogP contribution in [0.3, 0.4) is 0 Å². The SMILES string of the molecule is CCc1nc(N)sc1C(=O)N/N=C\c1ccc(OC)c(OC(C)C)c1. The van der Waals surface area contributed by atoms with E-state index >= 15 is 0 Å². The van der Waals surface area contributed by atoms with Crippen LogP contribution in [0.4, 0.5) is 5.13 Å². The first kappa shape index (κ1) is 18.7. The van der Waals surface area contributed by atoms with Gasteiger partial charge in [-0.15, -0.1) is 0 Å². The second kappa shape index (κ2) is 8.48. The molecule has 2 rings (SSSR count). The fourth-order valence-corrected chi connectivity index (χ4v) is 2.93. The predicted molar refractivity (Wildman–Crippen MR) is 99.7 cm³/mol. The molecule has 1 amide bonds. The number of rotatable bonds is 7. The number of amides is 1. The van der Waals surface area contributed by atoms with Gasteiger partial charge in [0, 0.05) is 0 Å². The van der Waals surface area contributed by atoms with Crippen molar-refractivity contribution in [2.45, 2.75) is 33.3 Å². The number of carbonyl (C=O) groups excluding carboxylic acids is 1. The molecule has 0 aliphatic carbocycles. The van der Waals surface area contributed by atoms with Crippen LogP contribution >= 0.6 is 11.3 Å². The number of ether oxygens (including phenoxy) is 2. The maximum atomic E-state index is 12.2. The highest BCUT2D eigenvalue weighted by Crippen LogP contribution is 2.28. The van der Waals surface area contributed by atoms with Crippen molar-refractivity contribution in [3.05, 3.63) is 34.3 Å². The van der Waals surface area contributed by atoms with Crippen molar-refractivity contribution in [3.63, 3.8) is 0 Å². The van der Waals surface area contributed by atoms with Gasteiger partial charge in [0.15, 0.2) is 16.6 Å². The largest absolute Gasteiger partial charge is 0.493 e. The summed E-state index contributed by atoms with van der Waals surface area (Å²) in [5, 5.41) is 4.37. The zero-order chi connectivity index (χ0) is 18.4. The lowest BCUT2D eigenvalue weighted by atomic mass is 10.2. The summed E-state index contributed by atoms with van der Waals surface area (Å²) >= 11 is 1.15. The van der Waals surface area contributed by atoms with Crippen LogP contribution in [0.2, 0.25) is 0 Å². The topological polar surface area (TPSA) is 98.8 Å². The van der Waals surface area contributed by atoms with Gasteiger partial charge in [-0.25, -0.2) is 10.4 Å². The number of anilines is 1. The lowest BCUT2D eigenvalue weighted by Gasteiger charge is -2.13. The van der Waals surface area contributed by atoms with Gasteiger partial charge >= 0.3 is 0 Å². The molecule has 25 heavy (non-hydrogen) atoms. The molecule has 1 aromatic heterocycles. The zero-order valence-corrected chi connectivity index (χ0v) is 15.5. The minimum absolute atomic E-state index is 0.0186. The monoisotopic (exact) mass is 362 g/mol. The van der Waals surface area contributed by atoms with Crippen molar-refractivity contribution in [1.82, 2.24) is 10.4 Å². The fourth-order valence-electron chi connectivity index (χ4n) is 2.12. The van der Waals surface area contributed by atoms with Crippen molar-refractivity contribution in [2.24, 2.45) is 5.10 Å². The van der Waals surface area contributed by atoms with Crippen LogP contribution in [-0.4, -0.2) is 30.3 Å². The number of benzene rings is 1. The first-order chi connectivity index (χ1) is 11.9. The first-order valence-electron chi connectivity index (χ1n) is 7.87. The van der Waals surface area contributed by atoms with Gasteiger partial charge in [0.05, 0.1) is 25.1 Å². The molecule has 0 aliphatic heterocycles. The number of methoxy groups -OCH3 is 1. The van der Waals surface area contributed by atoms with Gasteiger partial charge in [-0.2, -0.15) is 5.10 Å². The lowest BCUT2D eigenvalue weighted by Crippen LogP contribution is -2.17. The molecule has 8 heteroatoms. The summed E-state index contributed by atoms with van der Waals surface area (Å²) in [6, 6.07) is 5.42. The van der Waals surface area contributed by atoms with Crippen molar-refractivity contribution < 1.29 is 14.3 Å². The number of aryl methyl sites for hydroxylation is 1. The van der Waals surface area contributed by atoms with E-state index in [1.54, 1.807) is 25.5 Å². The molecular weight excluding hydrogens is 340 g/mol. The van der Waals surface area contributed by atoms with E-state index < -0.39 is 0 Å². The summed E-state index contributed by atoms with van der Waals surface area (Å²) in [5.41, 5.74) is 9.60. The third-order valence-electron chi connectivity index (χ3n) is 3.19. The molecular formula is C17H22N4O3S. The average Bonchev–Trinajstić information content (AvgIpc) is 2.95. The van der Waals surface area contributed by atoms with Crippen molar-refractivity contribution in [3.8, 4) is 11.5 Å². The number of hydrazone groups is 1. The molecule has 0 atom stereocenters. The molecule has 134 valence electrons. The van der Waals surface area contributed by atoms with Gasteiger partial charge in [-0.3, -0.25) is 4.79 Å². The molecule has 7 nitrogen and oxygen atoms in total. The van der Waals surface area contributed by atoms with Gasteiger partial charge < -0.3 is 15.2 Å². The number of nitrogens with one attached hydrogen (secondary N) is 1. The van der Waals surface area contributed by atoms with Gasteiger partial charge in [0.2, 0.25) is 0 Å². The molecule has 1 heterocycles. The Morgan fingerprint density at radius 3 is 2.84 bits per heavy atom. The molecule has 0 aliphatic rings. The van der Waals surface area contributed by atoms with E-state index in [1.807, 2.05) is 26.8 Å². The summed E-state index contributed by atoms with van der Waals surface area (Å²) in [6.07, 6.45) is 2.19. The number of aromatic nitrogens is 1. The number of thiazole rings is 1. The highest BCUT2D eigenvalue weighted by atomic mass is 32.1. The van der Waals surface area contributed by atoms with Gasteiger partial charge in [0.1, 0.15) is 4.88 Å². The molecule has 0 saturated carbocycles. The van der Waals surface area contributed by atoms with E-state index in [0.717, 1.165) is 16.9 Å². The minimum atomic E-state index is -0.325. The van der Waals surface area contributed by atoms with Crippen LogP contribution in [0, 0.1) is 0 Å². The Bertz CT molecular complexity index is 771. The number of hydrogen-bond acceptors (Lipinski definition) is 7. The molecule has 1 aromatic carbocycles. The fraction of sp³-hybridized carbons (Fsp3) is 0.353. The molecule has 0 spiro atoms. The van der Waals surface area contributed by atoms with Crippen LogP contribution in [0.1, 0.15) is 41.7 Å². The van der Waals surface area contributed by atoms with E-state index in [9.17, 15) is 4.79 Å². The number of nitrogens with zero attached hydrogens (tertiary/aromatic N) is 2. The molecule has 0 fully saturated rings. The average molecular weight is 362 g/mol. The number of nitrogens with two attached hydrogens (primary N) is 1. The van der Waals surface area contributed by atoms with Gasteiger partial charge in [-0.05, 0) is 44.0 Å². The lowest BCUT2D eigenvalue weighted by molar-refractivity contribution is 0.0958. The van der Waals surface area contributed by atoms with E-state index in [0.29, 0.717) is 33.6 Å². The van der Waals surface area contributed by atoms with Crippen molar-refractivity contribution >= 4 is 28.6 Å². The normalized spacial score (nSPS) is 11.1. The van der Waals surface area contributed by atoms with Crippen LogP contribution in [-0.2, 0) is 6.42 Å². The second-order valence-electron chi connectivity index (χ2n) is 5.46. The van der Waals surface area contributed by atoms with Crippen molar-refractivity contribution in [2.75, 3.05) is 12.8 Å². The Kier molecular flexibility index (Phi) is 6.35. The van der Waals surface area contributed by atoms with Crippen LogP contribution in [0.5, 0.6) is 11.5 Å². The highest BCUT2D eigenvalue weighted by molar-refractivity contribution is 7.17. The van der Waals surface area contributed by atoms with E-state index in [4.69, 9.17) is 15.2 Å². The smallest absolute Gasteiger partial charge is 0.283 e. The van der Waals surface area contributed by atoms with Crippen LogP contribution in [0.15, 0.2) is 23.3 Å². The summed E-state index contributed by atoms with van der Waals surface area (Å²) in [6.45, 7) is 5.79. The molecule has 0 saturated heterocycles. The molecule has 3 N–H and O–H groups in total. The third kappa shape index (κ3) is 4.93. The summed E-state index contributed by atoms with van der Waals surface area (Å²) in [4.78, 5) is 16.8. The predicted octanol–water partition coefficient (Wildman–Crippen LogP) is 2.85. The summed E-state index contributed by atoms with van der Waals surface area (Å²) in [7, 11) is 1.59. The molecule has 2 aromatic rings. The summed E-state index contributed by atoms with van der Waals surface area (Å²) in [5.74, 6) is 0.938. The third-order valence-corrected chi connectivity index (χ3v) is 4.11. The Hall–Kier alpha value is -2.61. The van der Waals surface area contributed by atoms with E-state index in [1.165, 1.54) is 0 Å². The Morgan fingerprint density at radius 2 is 2.20 bits per heavy atom. The second-order valence-corrected chi connectivity index (χ2v) is 6.49. The highest BCUT2D eigenvalue weighted by Gasteiger charge is 2.15. The number of carbonyl (C=O) groups is 1. The zero-order valence-electron chi connectivity index (χ0n) is 14.7. The van der Waals surface area contributed by atoms with Gasteiger partial charge in [0.25, 0.3) is 5.91 Å². The molecule has 0 bridgehead atoms. The Balaban J connectivity index is 2.09. The van der Waals surface area contributed by atoms with Crippen molar-refractivity contribution in [1.29, 1.82) is 0 Å². The van der Waals surface area contributed by atoms with Crippen LogP contribution < -0.4 is 20.6 Å². The van der Waals surface area contributed by atoms with Crippen LogP contribution in [0.25, 0.3) is 0 Å². The molecule has 0 unspecified atom stereocenters. The minimum Gasteiger partial charge on any atom is -0.493 e. The number of hydrogen-bond donors (Lipinski definition) is 2. The maximum Gasteiger partial charge on any atom is 0.283 e. The van der Waals surface area contributed by atoms with E-state index in [2.05, 4.69) is 15.5 Å². The Labute approximate surface area is 150 Å². The summed E-state index contributed by atoms with van der Waals surface area (Å²) < 4.78 is 11.0. The maximum absolute atomic E-state index is 12.2.